The van der Waals surface area contributed by atoms with Gasteiger partial charge in [-0.05, 0) is 65.1 Å². The van der Waals surface area contributed by atoms with Gasteiger partial charge in [0.2, 0.25) is 5.91 Å². The zero-order chi connectivity index (χ0) is 17.5. The van der Waals surface area contributed by atoms with Crippen molar-refractivity contribution in [3.63, 3.8) is 0 Å². The number of carbonyl (C=O) groups is 2. The molecule has 0 radical (unpaired) electrons. The minimum Gasteiger partial charge on any atom is -0.496 e. The Morgan fingerprint density at radius 2 is 2.00 bits per heavy atom. The number of hydrogen-bond donors (Lipinski definition) is 3. The summed E-state index contributed by atoms with van der Waals surface area (Å²) in [4.78, 5) is 23.9. The van der Waals surface area contributed by atoms with Gasteiger partial charge in [-0.15, -0.1) is 0 Å². The van der Waals surface area contributed by atoms with Gasteiger partial charge >= 0.3 is 0 Å². The van der Waals surface area contributed by atoms with Gasteiger partial charge < -0.3 is 10.1 Å². The SMILES string of the molecule is COc1ccc(C(=O)NNC(=S)NC(=O)CC2CCCC2)cc1Br. The Morgan fingerprint density at radius 1 is 1.29 bits per heavy atom. The number of ether oxygens (including phenoxy) is 1. The van der Waals surface area contributed by atoms with Gasteiger partial charge in [-0.25, -0.2) is 0 Å². The first-order valence-electron chi connectivity index (χ1n) is 7.73. The Bertz CT molecular complexity index is 633. The summed E-state index contributed by atoms with van der Waals surface area (Å²) in [5, 5.41) is 2.66. The van der Waals surface area contributed by atoms with Gasteiger partial charge in [0.05, 0.1) is 11.6 Å². The van der Waals surface area contributed by atoms with Crippen molar-refractivity contribution in [1.82, 2.24) is 16.2 Å². The molecule has 0 aromatic heterocycles. The average molecular weight is 414 g/mol. The Labute approximate surface area is 154 Å². The molecule has 3 N–H and O–H groups in total. The highest BCUT2D eigenvalue weighted by Crippen LogP contribution is 2.27. The van der Waals surface area contributed by atoms with Crippen LogP contribution in [0.25, 0.3) is 0 Å². The summed E-state index contributed by atoms with van der Waals surface area (Å²) in [6.45, 7) is 0. The lowest BCUT2D eigenvalue weighted by atomic mass is 10.0. The number of benzene rings is 1. The van der Waals surface area contributed by atoms with Crippen molar-refractivity contribution in [2.24, 2.45) is 5.92 Å². The molecule has 1 aromatic rings. The van der Waals surface area contributed by atoms with Crippen molar-refractivity contribution in [2.45, 2.75) is 32.1 Å². The van der Waals surface area contributed by atoms with Gasteiger partial charge in [-0.1, -0.05) is 12.8 Å². The van der Waals surface area contributed by atoms with Crippen molar-refractivity contribution in [3.05, 3.63) is 28.2 Å². The molecule has 0 spiro atoms. The summed E-state index contributed by atoms with van der Waals surface area (Å²) >= 11 is 8.34. The second-order valence-electron chi connectivity index (χ2n) is 5.66. The summed E-state index contributed by atoms with van der Waals surface area (Å²) in [6, 6.07) is 4.95. The van der Waals surface area contributed by atoms with Crippen LogP contribution in [0.4, 0.5) is 0 Å². The number of amides is 2. The summed E-state index contributed by atoms with van der Waals surface area (Å²) in [5.74, 6) is 0.583. The van der Waals surface area contributed by atoms with Crippen LogP contribution in [0, 0.1) is 5.92 Å². The van der Waals surface area contributed by atoms with E-state index in [1.165, 1.54) is 12.8 Å². The van der Waals surface area contributed by atoms with Crippen LogP contribution in [0.5, 0.6) is 5.75 Å². The molecule has 1 saturated carbocycles. The van der Waals surface area contributed by atoms with E-state index in [0.717, 1.165) is 12.8 Å². The highest BCUT2D eigenvalue weighted by atomic mass is 79.9. The lowest BCUT2D eigenvalue weighted by molar-refractivity contribution is -0.120. The molecule has 0 heterocycles. The van der Waals surface area contributed by atoms with E-state index in [1.807, 2.05) is 0 Å². The molecule has 0 saturated heterocycles. The molecule has 0 atom stereocenters. The summed E-state index contributed by atoms with van der Waals surface area (Å²) in [6.07, 6.45) is 5.04. The topological polar surface area (TPSA) is 79.5 Å². The molecule has 130 valence electrons. The third-order valence-corrected chi connectivity index (χ3v) is 4.73. The minimum absolute atomic E-state index is 0.0823. The van der Waals surface area contributed by atoms with Crippen LogP contribution in [-0.2, 0) is 4.79 Å². The molecule has 6 nitrogen and oxygen atoms in total. The first-order valence-corrected chi connectivity index (χ1v) is 8.93. The van der Waals surface area contributed by atoms with Crippen molar-refractivity contribution in [2.75, 3.05) is 7.11 Å². The fourth-order valence-electron chi connectivity index (χ4n) is 2.68. The first kappa shape index (κ1) is 18.7. The van der Waals surface area contributed by atoms with Crippen molar-refractivity contribution < 1.29 is 14.3 Å². The van der Waals surface area contributed by atoms with E-state index >= 15 is 0 Å². The molecule has 1 aromatic carbocycles. The molecule has 0 bridgehead atoms. The molecule has 8 heteroatoms. The number of nitrogens with one attached hydrogen (secondary N) is 3. The minimum atomic E-state index is -0.370. The monoisotopic (exact) mass is 413 g/mol. The third kappa shape index (κ3) is 5.45. The van der Waals surface area contributed by atoms with Crippen LogP contribution in [-0.4, -0.2) is 24.0 Å². The Hall–Kier alpha value is -1.67. The van der Waals surface area contributed by atoms with E-state index in [2.05, 4.69) is 32.1 Å². The third-order valence-electron chi connectivity index (χ3n) is 3.91. The molecule has 2 rings (SSSR count). The van der Waals surface area contributed by atoms with Crippen molar-refractivity contribution in [1.29, 1.82) is 0 Å². The molecular formula is C16H20BrN3O3S. The van der Waals surface area contributed by atoms with Crippen LogP contribution in [0.1, 0.15) is 42.5 Å². The molecule has 0 aliphatic heterocycles. The van der Waals surface area contributed by atoms with Crippen molar-refractivity contribution >= 4 is 45.1 Å². The second kappa shape index (κ2) is 8.98. The fourth-order valence-corrected chi connectivity index (χ4v) is 3.38. The summed E-state index contributed by atoms with van der Waals surface area (Å²) < 4.78 is 5.79. The standard InChI is InChI=1S/C16H20BrN3O3S/c1-23-13-7-6-11(9-12(13)17)15(22)19-20-16(24)18-14(21)8-10-4-2-3-5-10/h6-7,9-10H,2-5,8H2,1H3,(H,19,22)(H2,18,20,21,24). The van der Waals surface area contributed by atoms with Gasteiger partial charge in [-0.2, -0.15) is 0 Å². The van der Waals surface area contributed by atoms with Crippen LogP contribution in [0.2, 0.25) is 0 Å². The molecule has 2 amide bonds. The van der Waals surface area contributed by atoms with E-state index in [-0.39, 0.29) is 16.9 Å². The maximum absolute atomic E-state index is 12.1. The van der Waals surface area contributed by atoms with Gasteiger partial charge in [0.25, 0.3) is 5.91 Å². The normalized spacial score (nSPS) is 14.1. The van der Waals surface area contributed by atoms with Gasteiger partial charge in [0.1, 0.15) is 5.75 Å². The maximum Gasteiger partial charge on any atom is 0.269 e. The van der Waals surface area contributed by atoms with Gasteiger partial charge in [0, 0.05) is 12.0 Å². The summed E-state index contributed by atoms with van der Waals surface area (Å²) in [7, 11) is 1.55. The van der Waals surface area contributed by atoms with Crippen LogP contribution in [0.15, 0.2) is 22.7 Å². The molecule has 1 aliphatic carbocycles. The average Bonchev–Trinajstić information content (AvgIpc) is 3.05. The van der Waals surface area contributed by atoms with Crippen LogP contribution >= 0.6 is 28.1 Å². The van der Waals surface area contributed by atoms with E-state index < -0.39 is 0 Å². The predicted octanol–water partition coefficient (Wildman–Crippen LogP) is 2.67. The first-order chi connectivity index (χ1) is 11.5. The number of hydrazine groups is 1. The van der Waals surface area contributed by atoms with E-state index in [1.54, 1.807) is 25.3 Å². The van der Waals surface area contributed by atoms with Crippen LogP contribution < -0.4 is 20.9 Å². The van der Waals surface area contributed by atoms with Crippen LogP contribution in [0.3, 0.4) is 0 Å². The molecule has 0 unspecified atom stereocenters. The highest BCUT2D eigenvalue weighted by Gasteiger charge is 2.19. The maximum atomic E-state index is 12.1. The van der Waals surface area contributed by atoms with Gasteiger partial charge in [-0.3, -0.25) is 20.4 Å². The van der Waals surface area contributed by atoms with E-state index in [0.29, 0.717) is 28.1 Å². The lowest BCUT2D eigenvalue weighted by Gasteiger charge is -2.13. The second-order valence-corrected chi connectivity index (χ2v) is 6.92. The summed E-state index contributed by atoms with van der Waals surface area (Å²) in [5.41, 5.74) is 5.42. The Kier molecular flexibility index (Phi) is 6.99. The highest BCUT2D eigenvalue weighted by molar-refractivity contribution is 9.10. The van der Waals surface area contributed by atoms with E-state index in [4.69, 9.17) is 17.0 Å². The molecule has 24 heavy (non-hydrogen) atoms. The predicted molar refractivity (Wildman–Crippen MR) is 98.6 cm³/mol. The number of rotatable bonds is 4. The largest absolute Gasteiger partial charge is 0.496 e. The fraction of sp³-hybridized carbons (Fsp3) is 0.438. The van der Waals surface area contributed by atoms with E-state index in [9.17, 15) is 9.59 Å². The zero-order valence-electron chi connectivity index (χ0n) is 13.4. The number of hydrogen-bond acceptors (Lipinski definition) is 4. The Morgan fingerprint density at radius 3 is 2.62 bits per heavy atom. The van der Waals surface area contributed by atoms with Gasteiger partial charge in [0.15, 0.2) is 5.11 Å². The Balaban J connectivity index is 1.77. The molecule has 1 aliphatic rings. The quantitative estimate of drug-likeness (QED) is 0.522. The number of thiocarbonyl (C=S) groups is 1. The smallest absolute Gasteiger partial charge is 0.269 e. The number of methoxy groups -OCH3 is 1. The number of carbonyl (C=O) groups excluding carboxylic acids is 2. The lowest BCUT2D eigenvalue weighted by Crippen LogP contribution is -2.48. The molecular weight excluding hydrogens is 394 g/mol. The zero-order valence-corrected chi connectivity index (χ0v) is 15.8. The molecule has 1 fully saturated rings. The van der Waals surface area contributed by atoms with Crippen molar-refractivity contribution in [3.8, 4) is 5.75 Å². The number of halogens is 1.